The van der Waals surface area contributed by atoms with E-state index in [0.29, 0.717) is 23.1 Å². The van der Waals surface area contributed by atoms with Gasteiger partial charge in [0.05, 0.1) is 4.92 Å². The maximum atomic E-state index is 13.2. The summed E-state index contributed by atoms with van der Waals surface area (Å²) in [5.41, 5.74) is 4.89. The molecule has 0 fully saturated rings. The van der Waals surface area contributed by atoms with Gasteiger partial charge in [-0.05, 0) is 70.0 Å². The molecule has 0 radical (unpaired) electrons. The molecule has 4 aromatic carbocycles. The molecule has 0 bridgehead atoms. The first-order valence-corrected chi connectivity index (χ1v) is 13.3. The normalized spacial score (nSPS) is 14.0. The Labute approximate surface area is 235 Å². The first kappa shape index (κ1) is 25.8. The minimum absolute atomic E-state index is 0.0235. The Bertz CT molecular complexity index is 2010. The lowest BCUT2D eigenvalue weighted by molar-refractivity contribution is -0.384. The highest BCUT2D eigenvalue weighted by Crippen LogP contribution is 2.24. The predicted octanol–water partition coefficient (Wildman–Crippen LogP) is 5.23. The molecule has 0 spiro atoms. The van der Waals surface area contributed by atoms with E-state index in [1.807, 2.05) is 73.1 Å². The number of nitrogens with one attached hydrogen (secondary N) is 1. The third-order valence-corrected chi connectivity index (χ3v) is 7.46. The monoisotopic (exact) mass is 539 g/mol. The molecule has 1 N–H and O–H groups in total. The quantitative estimate of drug-likeness (QED) is 0.218. The lowest BCUT2D eigenvalue weighted by atomic mass is 9.83. The van der Waals surface area contributed by atoms with Crippen LogP contribution in [0.1, 0.15) is 44.7 Å². The van der Waals surface area contributed by atoms with Crippen LogP contribution in [0, 0.1) is 20.6 Å². The van der Waals surface area contributed by atoms with E-state index in [-0.39, 0.29) is 17.3 Å². The van der Waals surface area contributed by atoms with Gasteiger partial charge in [-0.25, -0.2) is 0 Å². The van der Waals surface area contributed by atoms with Gasteiger partial charge in [-0.2, -0.15) is 0 Å². The number of para-hydroxylation sites is 1. The van der Waals surface area contributed by atoms with Crippen molar-refractivity contribution in [1.82, 2.24) is 0 Å². The zero-order valence-corrected chi connectivity index (χ0v) is 22.0. The summed E-state index contributed by atoms with van der Waals surface area (Å²) in [4.78, 5) is 40.6. The fourth-order valence-electron chi connectivity index (χ4n) is 5.53. The van der Waals surface area contributed by atoms with E-state index >= 15 is 0 Å². The Hall–Kier alpha value is -5.43. The van der Waals surface area contributed by atoms with Crippen LogP contribution >= 0.6 is 0 Å². The number of aliphatic imine (C=N–C) groups is 1. The first-order chi connectivity index (χ1) is 20.0. The van der Waals surface area contributed by atoms with Crippen LogP contribution in [0.2, 0.25) is 0 Å². The summed E-state index contributed by atoms with van der Waals surface area (Å²) in [7, 11) is 0. The van der Waals surface area contributed by atoms with E-state index in [9.17, 15) is 19.7 Å². The Morgan fingerprint density at radius 3 is 2.44 bits per heavy atom. The number of rotatable bonds is 3. The Morgan fingerprint density at radius 1 is 0.854 bits per heavy atom. The lowest BCUT2D eigenvalue weighted by Gasteiger charge is -2.19. The van der Waals surface area contributed by atoms with Crippen LogP contribution in [0.5, 0.6) is 0 Å². The van der Waals surface area contributed by atoms with Crippen molar-refractivity contribution in [3.63, 3.8) is 0 Å². The van der Waals surface area contributed by atoms with Gasteiger partial charge < -0.3 is 5.32 Å². The van der Waals surface area contributed by atoms with Crippen molar-refractivity contribution in [2.24, 2.45) is 4.99 Å². The van der Waals surface area contributed by atoms with Gasteiger partial charge in [-0.1, -0.05) is 54.6 Å². The van der Waals surface area contributed by atoms with Crippen molar-refractivity contribution in [1.29, 1.82) is 0 Å². The smallest absolute Gasteiger partial charge is 0.269 e. The number of nitrogens with zero attached hydrogens (tertiary/aromatic N) is 2. The molecule has 200 valence electrons. The van der Waals surface area contributed by atoms with Gasteiger partial charge >= 0.3 is 0 Å². The summed E-state index contributed by atoms with van der Waals surface area (Å²) >= 11 is 0. The maximum absolute atomic E-state index is 13.2. The second-order valence-electron chi connectivity index (χ2n) is 9.90. The molecule has 0 amide bonds. The third kappa shape index (κ3) is 5.01. The van der Waals surface area contributed by atoms with Gasteiger partial charge in [0.25, 0.3) is 5.69 Å². The number of benzene rings is 4. The molecule has 0 unspecified atom stereocenters. The van der Waals surface area contributed by atoms with Gasteiger partial charge in [0.15, 0.2) is 11.6 Å². The van der Waals surface area contributed by atoms with Crippen molar-refractivity contribution in [3.05, 3.63) is 151 Å². The van der Waals surface area contributed by atoms with Crippen LogP contribution in [0.15, 0.2) is 102 Å². The number of nitro benzene ring substituents is 1. The van der Waals surface area contributed by atoms with Gasteiger partial charge in [-0.3, -0.25) is 24.7 Å². The SMILES string of the molecule is C1=CNc2ccccc2C=N1.O=C(C1=c2ccc3c(c2CCC1)C(=O)C=c1ccccc1=3)c1ccc([N+](=O)[O-])cc1. The summed E-state index contributed by atoms with van der Waals surface area (Å²) in [6.45, 7) is 0. The number of ketones is 2. The van der Waals surface area contributed by atoms with Crippen molar-refractivity contribution < 1.29 is 14.5 Å². The molecule has 7 rings (SSSR count). The third-order valence-electron chi connectivity index (χ3n) is 7.46. The van der Waals surface area contributed by atoms with Gasteiger partial charge in [0, 0.05) is 58.7 Å². The van der Waals surface area contributed by atoms with E-state index in [0.717, 1.165) is 50.5 Å². The van der Waals surface area contributed by atoms with Crippen LogP contribution < -0.4 is 15.8 Å². The van der Waals surface area contributed by atoms with E-state index < -0.39 is 4.92 Å². The molecule has 4 aromatic rings. The number of fused-ring (bicyclic) bond motifs is 5. The molecule has 0 saturated carbocycles. The van der Waals surface area contributed by atoms with E-state index in [1.54, 1.807) is 12.3 Å². The number of carbonyl (C=O) groups is 2. The lowest BCUT2D eigenvalue weighted by Crippen LogP contribution is -2.27. The Balaban J connectivity index is 0.000000229. The molecule has 7 nitrogen and oxygen atoms in total. The summed E-state index contributed by atoms with van der Waals surface area (Å²) in [6.07, 6.45) is 9.22. The standard InChI is InChI=1S/C25H17NO4.C9H8N2/c27-23-14-16-4-1-2-5-18(16)21-13-12-19-20(24(21)23)6-3-7-22(19)25(28)15-8-10-17(11-9-15)26(29)30;1-2-4-9-8(3-1)7-10-5-6-11-9/h1-2,4-5,8-14H,3,6-7H2;1-7,11H. The first-order valence-electron chi connectivity index (χ1n) is 13.3. The number of hydrogen-bond donors (Lipinski definition) is 1. The Kier molecular flexibility index (Phi) is 6.92. The minimum Gasteiger partial charge on any atom is -0.360 e. The minimum atomic E-state index is -0.483. The summed E-state index contributed by atoms with van der Waals surface area (Å²) in [5.74, 6) is -0.164. The molecule has 7 heteroatoms. The van der Waals surface area contributed by atoms with Crippen LogP contribution in [0.3, 0.4) is 0 Å². The number of Topliss-reactive ketones (excluding diaryl/α,β-unsaturated/α-hetero) is 2. The van der Waals surface area contributed by atoms with Crippen LogP contribution in [-0.4, -0.2) is 22.7 Å². The fourth-order valence-corrected chi connectivity index (χ4v) is 5.53. The molecule has 1 heterocycles. The average molecular weight is 540 g/mol. The van der Waals surface area contributed by atoms with Crippen LogP contribution in [0.4, 0.5) is 11.4 Å². The van der Waals surface area contributed by atoms with Crippen molar-refractivity contribution in [2.75, 3.05) is 5.32 Å². The molecular weight excluding hydrogens is 514 g/mol. The number of hydrogen-bond acceptors (Lipinski definition) is 6. The van der Waals surface area contributed by atoms with E-state index in [4.69, 9.17) is 0 Å². The molecule has 0 atom stereocenters. The number of non-ortho nitro benzene ring substituents is 1. The highest BCUT2D eigenvalue weighted by atomic mass is 16.6. The number of anilines is 1. The zero-order chi connectivity index (χ0) is 28.3. The molecule has 1 aliphatic heterocycles. The molecule has 2 aliphatic carbocycles. The van der Waals surface area contributed by atoms with E-state index in [2.05, 4.69) is 10.3 Å². The highest BCUT2D eigenvalue weighted by molar-refractivity contribution is 6.25. The summed E-state index contributed by atoms with van der Waals surface area (Å²) in [6, 6.07) is 25.4. The molecular formula is C34H25N3O4. The van der Waals surface area contributed by atoms with Gasteiger partial charge in [-0.15, -0.1) is 0 Å². The second kappa shape index (κ2) is 11.0. The van der Waals surface area contributed by atoms with E-state index in [1.165, 1.54) is 24.3 Å². The predicted molar refractivity (Wildman–Crippen MR) is 159 cm³/mol. The number of carbonyl (C=O) groups excluding carboxylic acids is 2. The van der Waals surface area contributed by atoms with Crippen LogP contribution in [-0.2, 0) is 6.42 Å². The van der Waals surface area contributed by atoms with Crippen molar-refractivity contribution >= 4 is 40.8 Å². The summed E-state index contributed by atoms with van der Waals surface area (Å²) < 4.78 is 0. The molecule has 41 heavy (non-hydrogen) atoms. The molecule has 0 saturated heterocycles. The average Bonchev–Trinajstić information content (AvgIpc) is 3.26. The zero-order valence-electron chi connectivity index (χ0n) is 22.0. The van der Waals surface area contributed by atoms with Crippen molar-refractivity contribution in [3.8, 4) is 0 Å². The Morgan fingerprint density at radius 2 is 1.61 bits per heavy atom. The largest absolute Gasteiger partial charge is 0.360 e. The van der Waals surface area contributed by atoms with Gasteiger partial charge in [0.2, 0.25) is 0 Å². The van der Waals surface area contributed by atoms with Crippen molar-refractivity contribution in [2.45, 2.75) is 19.3 Å². The van der Waals surface area contributed by atoms with Gasteiger partial charge in [0.1, 0.15) is 0 Å². The molecule has 3 aliphatic rings. The summed E-state index contributed by atoms with van der Waals surface area (Å²) in [5, 5.41) is 17.7. The topological polar surface area (TPSA) is 102 Å². The fraction of sp³-hybridized carbons (Fsp3) is 0.0882. The highest BCUT2D eigenvalue weighted by Gasteiger charge is 2.23. The number of nitro groups is 1. The maximum Gasteiger partial charge on any atom is 0.269 e. The molecule has 0 aromatic heterocycles. The van der Waals surface area contributed by atoms with Crippen LogP contribution in [0.25, 0.3) is 11.6 Å². The second-order valence-corrected chi connectivity index (χ2v) is 9.90.